The maximum absolute atomic E-state index is 12.8. The largest absolute Gasteiger partial charge is 0.337 e. The highest BCUT2D eigenvalue weighted by atomic mass is 79.9. The zero-order valence-corrected chi connectivity index (χ0v) is 14.0. The molecule has 2 nitrogen and oxygen atoms in total. The van der Waals surface area contributed by atoms with Gasteiger partial charge in [-0.3, -0.25) is 4.79 Å². The van der Waals surface area contributed by atoms with Gasteiger partial charge < -0.3 is 4.90 Å². The molecular weight excluding hydrogens is 397 g/mol. The number of hydrogen-bond acceptors (Lipinski definition) is 2. The second-order valence-electron chi connectivity index (χ2n) is 4.02. The molecule has 19 heavy (non-hydrogen) atoms. The van der Waals surface area contributed by atoms with Gasteiger partial charge in [0.1, 0.15) is 5.82 Å². The lowest BCUT2D eigenvalue weighted by Crippen LogP contribution is -2.25. The number of halogens is 3. The first kappa shape index (κ1) is 14.7. The van der Waals surface area contributed by atoms with Crippen LogP contribution < -0.4 is 0 Å². The molecule has 2 aromatic rings. The van der Waals surface area contributed by atoms with E-state index in [1.54, 1.807) is 30.1 Å². The van der Waals surface area contributed by atoms with Crippen molar-refractivity contribution in [2.45, 2.75) is 6.54 Å². The second-order valence-corrected chi connectivity index (χ2v) is 7.24. The first-order valence-corrected chi connectivity index (χ1v) is 7.82. The standard InChI is InChI=1S/C13H10Br2FNOS/c1-17(7-8-2-4-9(16)5-3-8)13(18)11-6-10(14)12(15)19-11/h2-6H,7H2,1H3. The molecule has 1 amide bonds. The monoisotopic (exact) mass is 405 g/mol. The van der Waals surface area contributed by atoms with Crippen LogP contribution in [0, 0.1) is 5.82 Å². The third-order valence-corrected chi connectivity index (χ3v) is 5.78. The van der Waals surface area contributed by atoms with Crippen LogP contribution >= 0.6 is 43.2 Å². The van der Waals surface area contributed by atoms with Gasteiger partial charge in [-0.15, -0.1) is 11.3 Å². The third kappa shape index (κ3) is 3.64. The lowest BCUT2D eigenvalue weighted by Gasteiger charge is -2.16. The molecule has 0 unspecified atom stereocenters. The predicted octanol–water partition coefficient (Wildman–Crippen LogP) is 4.68. The van der Waals surface area contributed by atoms with Crippen molar-refractivity contribution < 1.29 is 9.18 Å². The van der Waals surface area contributed by atoms with Gasteiger partial charge in [-0.25, -0.2) is 4.39 Å². The Kier molecular flexibility index (Phi) is 4.76. The van der Waals surface area contributed by atoms with Crippen molar-refractivity contribution in [2.75, 3.05) is 7.05 Å². The van der Waals surface area contributed by atoms with E-state index in [2.05, 4.69) is 31.9 Å². The van der Waals surface area contributed by atoms with Crippen molar-refractivity contribution >= 4 is 49.1 Å². The topological polar surface area (TPSA) is 20.3 Å². The van der Waals surface area contributed by atoms with Crippen molar-refractivity contribution in [2.24, 2.45) is 0 Å². The second kappa shape index (κ2) is 6.15. The Morgan fingerprint density at radius 3 is 2.47 bits per heavy atom. The Labute approximate surface area is 131 Å². The average Bonchev–Trinajstić information content (AvgIpc) is 2.71. The van der Waals surface area contributed by atoms with E-state index in [9.17, 15) is 9.18 Å². The van der Waals surface area contributed by atoms with Gasteiger partial charge in [0.15, 0.2) is 0 Å². The smallest absolute Gasteiger partial charge is 0.264 e. The maximum atomic E-state index is 12.8. The summed E-state index contributed by atoms with van der Waals surface area (Å²) in [7, 11) is 1.73. The Morgan fingerprint density at radius 2 is 1.95 bits per heavy atom. The molecule has 1 aromatic heterocycles. The van der Waals surface area contributed by atoms with Crippen LogP contribution in [0.3, 0.4) is 0 Å². The molecule has 0 aliphatic carbocycles. The minimum atomic E-state index is -0.274. The summed E-state index contributed by atoms with van der Waals surface area (Å²) in [5.74, 6) is -0.329. The fourth-order valence-electron chi connectivity index (χ4n) is 1.58. The van der Waals surface area contributed by atoms with Crippen molar-refractivity contribution in [3.05, 3.63) is 54.8 Å². The van der Waals surface area contributed by atoms with E-state index in [0.29, 0.717) is 11.4 Å². The molecule has 6 heteroatoms. The molecule has 0 bridgehead atoms. The lowest BCUT2D eigenvalue weighted by molar-refractivity contribution is 0.0790. The maximum Gasteiger partial charge on any atom is 0.264 e. The number of rotatable bonds is 3. The van der Waals surface area contributed by atoms with E-state index < -0.39 is 0 Å². The van der Waals surface area contributed by atoms with Gasteiger partial charge >= 0.3 is 0 Å². The highest BCUT2D eigenvalue weighted by Gasteiger charge is 2.16. The summed E-state index contributed by atoms with van der Waals surface area (Å²) in [5, 5.41) is 0. The Morgan fingerprint density at radius 1 is 1.32 bits per heavy atom. The van der Waals surface area contributed by atoms with Gasteiger partial charge in [0.2, 0.25) is 0 Å². The molecule has 0 fully saturated rings. The number of benzene rings is 1. The SMILES string of the molecule is CN(Cc1ccc(F)cc1)C(=O)c1cc(Br)c(Br)s1. The molecule has 1 heterocycles. The summed E-state index contributed by atoms with van der Waals surface area (Å²) >= 11 is 8.11. The summed E-state index contributed by atoms with van der Waals surface area (Å²) in [4.78, 5) is 14.5. The first-order chi connectivity index (χ1) is 8.97. The van der Waals surface area contributed by atoms with Crippen LogP contribution in [0.25, 0.3) is 0 Å². The van der Waals surface area contributed by atoms with E-state index in [1.807, 2.05) is 0 Å². The lowest BCUT2D eigenvalue weighted by atomic mass is 10.2. The average molecular weight is 407 g/mol. The molecule has 0 aliphatic heterocycles. The van der Waals surface area contributed by atoms with Crippen LogP contribution in [0.5, 0.6) is 0 Å². The van der Waals surface area contributed by atoms with E-state index in [1.165, 1.54) is 23.5 Å². The number of carbonyl (C=O) groups is 1. The van der Waals surface area contributed by atoms with Crippen LogP contribution in [-0.4, -0.2) is 17.9 Å². The third-order valence-electron chi connectivity index (χ3n) is 2.54. The van der Waals surface area contributed by atoms with E-state index in [4.69, 9.17) is 0 Å². The van der Waals surface area contributed by atoms with Gasteiger partial charge in [0.25, 0.3) is 5.91 Å². The molecule has 0 aliphatic rings. The summed E-state index contributed by atoms with van der Waals surface area (Å²) in [6.07, 6.45) is 0. The van der Waals surface area contributed by atoms with E-state index >= 15 is 0 Å². The van der Waals surface area contributed by atoms with Crippen LogP contribution in [0.1, 0.15) is 15.2 Å². The Bertz CT molecular complexity index is 578. The number of amides is 1. The Balaban J connectivity index is 2.09. The number of nitrogens with zero attached hydrogens (tertiary/aromatic N) is 1. The number of carbonyl (C=O) groups excluding carboxylic acids is 1. The van der Waals surface area contributed by atoms with Crippen LogP contribution in [0.4, 0.5) is 4.39 Å². The molecular formula is C13H10Br2FNOS. The molecule has 0 N–H and O–H groups in total. The van der Waals surface area contributed by atoms with Crippen LogP contribution in [-0.2, 0) is 6.54 Å². The molecule has 0 atom stereocenters. The van der Waals surface area contributed by atoms with Crippen LogP contribution in [0.15, 0.2) is 38.6 Å². The molecule has 0 spiro atoms. The van der Waals surface area contributed by atoms with E-state index in [-0.39, 0.29) is 11.7 Å². The Hall–Kier alpha value is -0.720. The van der Waals surface area contributed by atoms with Gasteiger partial charge in [0, 0.05) is 18.1 Å². The minimum Gasteiger partial charge on any atom is -0.337 e. The van der Waals surface area contributed by atoms with Gasteiger partial charge in [-0.1, -0.05) is 12.1 Å². The van der Waals surface area contributed by atoms with Crippen molar-refractivity contribution in [3.8, 4) is 0 Å². The summed E-state index contributed by atoms with van der Waals surface area (Å²) in [5.41, 5.74) is 0.895. The fraction of sp³-hybridized carbons (Fsp3) is 0.154. The predicted molar refractivity (Wildman–Crippen MR) is 81.9 cm³/mol. The van der Waals surface area contributed by atoms with Crippen molar-refractivity contribution in [1.82, 2.24) is 4.90 Å². The fourth-order valence-corrected chi connectivity index (χ4v) is 3.61. The summed E-state index contributed by atoms with van der Waals surface area (Å²) < 4.78 is 14.6. The van der Waals surface area contributed by atoms with Crippen molar-refractivity contribution in [3.63, 3.8) is 0 Å². The quantitative estimate of drug-likeness (QED) is 0.724. The molecule has 2 rings (SSSR count). The summed E-state index contributed by atoms with van der Waals surface area (Å²) in [6, 6.07) is 7.94. The van der Waals surface area contributed by atoms with Crippen LogP contribution in [0.2, 0.25) is 0 Å². The van der Waals surface area contributed by atoms with E-state index in [0.717, 1.165) is 13.8 Å². The normalized spacial score (nSPS) is 10.5. The highest BCUT2D eigenvalue weighted by molar-refractivity contribution is 9.13. The molecule has 0 saturated carbocycles. The minimum absolute atomic E-state index is 0.0549. The number of hydrogen-bond donors (Lipinski definition) is 0. The molecule has 0 saturated heterocycles. The zero-order valence-electron chi connectivity index (χ0n) is 9.99. The molecule has 0 radical (unpaired) electrons. The molecule has 1 aromatic carbocycles. The zero-order chi connectivity index (χ0) is 14.0. The molecule has 100 valence electrons. The summed E-state index contributed by atoms with van der Waals surface area (Å²) in [6.45, 7) is 0.451. The van der Waals surface area contributed by atoms with Gasteiger partial charge in [-0.2, -0.15) is 0 Å². The number of thiophene rings is 1. The van der Waals surface area contributed by atoms with Gasteiger partial charge in [0.05, 0.1) is 8.66 Å². The highest BCUT2D eigenvalue weighted by Crippen LogP contribution is 2.33. The van der Waals surface area contributed by atoms with Gasteiger partial charge in [-0.05, 0) is 55.6 Å². The first-order valence-electron chi connectivity index (χ1n) is 5.42. The van der Waals surface area contributed by atoms with Crippen molar-refractivity contribution in [1.29, 1.82) is 0 Å².